The molecule has 0 unspecified atom stereocenters. The zero-order chi connectivity index (χ0) is 18.7. The fraction of sp³-hybridized carbons (Fsp3) is 0.263. The number of carbonyl (C=O) groups is 2. The number of aromatic amines is 1. The predicted octanol–water partition coefficient (Wildman–Crippen LogP) is 3.35. The van der Waals surface area contributed by atoms with Crippen LogP contribution in [0.5, 0.6) is 0 Å². The molecule has 1 aromatic carbocycles. The molecule has 0 fully saturated rings. The smallest absolute Gasteiger partial charge is 0.311 e. The summed E-state index contributed by atoms with van der Waals surface area (Å²) in [7, 11) is 0. The van der Waals surface area contributed by atoms with E-state index in [0.29, 0.717) is 28.3 Å². The van der Waals surface area contributed by atoms with Crippen molar-refractivity contribution in [3.8, 4) is 23.0 Å². The zero-order valence-corrected chi connectivity index (χ0v) is 14.8. The Balaban J connectivity index is 1.99. The highest BCUT2D eigenvalue weighted by molar-refractivity contribution is 5.99. The molecule has 0 spiro atoms. The molecule has 7 nitrogen and oxygen atoms in total. The molecule has 3 aromatic rings. The second kappa shape index (κ2) is 7.35. The Morgan fingerprint density at radius 2 is 1.96 bits per heavy atom. The van der Waals surface area contributed by atoms with Crippen molar-refractivity contribution >= 4 is 11.8 Å². The lowest BCUT2D eigenvalue weighted by Crippen LogP contribution is -2.10. The number of aromatic nitrogens is 3. The van der Waals surface area contributed by atoms with E-state index in [1.54, 1.807) is 13.8 Å². The Kier molecular flexibility index (Phi) is 4.97. The van der Waals surface area contributed by atoms with Gasteiger partial charge in [0, 0.05) is 16.8 Å². The van der Waals surface area contributed by atoms with Crippen LogP contribution in [0.15, 0.2) is 34.9 Å². The number of H-pyrrole nitrogens is 1. The third-order valence-electron chi connectivity index (χ3n) is 3.98. The summed E-state index contributed by atoms with van der Waals surface area (Å²) in [5, 5.41) is 4.00. The van der Waals surface area contributed by atoms with Gasteiger partial charge in [-0.1, -0.05) is 35.5 Å². The third kappa shape index (κ3) is 3.42. The molecule has 26 heavy (non-hydrogen) atoms. The second-order valence-corrected chi connectivity index (χ2v) is 5.81. The van der Waals surface area contributed by atoms with E-state index in [2.05, 4.69) is 15.1 Å². The molecule has 1 N–H and O–H groups in total. The normalized spacial score (nSPS) is 10.7. The molecule has 0 amide bonds. The summed E-state index contributed by atoms with van der Waals surface area (Å²) in [6, 6.07) is 9.43. The summed E-state index contributed by atoms with van der Waals surface area (Å²) in [4.78, 5) is 31.4. The third-order valence-corrected chi connectivity index (χ3v) is 3.98. The lowest BCUT2D eigenvalue weighted by atomic mass is 10.0. The largest absolute Gasteiger partial charge is 0.466 e. The molecule has 0 aliphatic heterocycles. The first-order valence-corrected chi connectivity index (χ1v) is 8.28. The Labute approximate surface area is 150 Å². The van der Waals surface area contributed by atoms with Crippen LogP contribution < -0.4 is 0 Å². The number of rotatable bonds is 6. The van der Waals surface area contributed by atoms with Crippen molar-refractivity contribution in [3.05, 3.63) is 47.2 Å². The first-order chi connectivity index (χ1) is 12.5. The van der Waals surface area contributed by atoms with E-state index < -0.39 is 5.97 Å². The molecule has 2 aromatic heterocycles. The number of esters is 1. The van der Waals surface area contributed by atoms with Crippen LogP contribution in [-0.4, -0.2) is 33.5 Å². The van der Waals surface area contributed by atoms with Gasteiger partial charge in [-0.25, -0.2) is 0 Å². The van der Waals surface area contributed by atoms with Crippen LogP contribution in [0.2, 0.25) is 0 Å². The topological polar surface area (TPSA) is 98.1 Å². The number of carbonyl (C=O) groups excluding carboxylic acids is 2. The number of hydrogen-bond acceptors (Lipinski definition) is 6. The van der Waals surface area contributed by atoms with Gasteiger partial charge >= 0.3 is 5.97 Å². The van der Waals surface area contributed by atoms with Crippen molar-refractivity contribution in [2.45, 2.75) is 27.2 Å². The SMILES string of the molecule is CCOC(=O)Cc1[nH]c(-c2nc(-c3ccccc3)no2)c(C)c1C(C)=O. The number of hydrogen-bond donors (Lipinski definition) is 1. The maximum absolute atomic E-state index is 12.1. The lowest BCUT2D eigenvalue weighted by molar-refractivity contribution is -0.142. The zero-order valence-electron chi connectivity index (χ0n) is 14.8. The Bertz CT molecular complexity index is 941. The van der Waals surface area contributed by atoms with Crippen LogP contribution in [0.3, 0.4) is 0 Å². The molecular weight excluding hydrogens is 334 g/mol. The van der Waals surface area contributed by atoms with Crippen molar-refractivity contribution < 1.29 is 18.8 Å². The highest BCUT2D eigenvalue weighted by Gasteiger charge is 2.24. The molecule has 2 heterocycles. The van der Waals surface area contributed by atoms with E-state index in [0.717, 1.165) is 5.56 Å². The fourth-order valence-corrected chi connectivity index (χ4v) is 2.87. The van der Waals surface area contributed by atoms with Gasteiger partial charge < -0.3 is 14.2 Å². The number of benzene rings is 1. The molecule has 0 saturated carbocycles. The van der Waals surface area contributed by atoms with Gasteiger partial charge in [0.1, 0.15) is 5.69 Å². The van der Waals surface area contributed by atoms with Crippen LogP contribution in [0, 0.1) is 6.92 Å². The van der Waals surface area contributed by atoms with E-state index in [-0.39, 0.29) is 24.7 Å². The van der Waals surface area contributed by atoms with Crippen LogP contribution in [0.4, 0.5) is 0 Å². The van der Waals surface area contributed by atoms with Gasteiger partial charge in [0.2, 0.25) is 5.82 Å². The van der Waals surface area contributed by atoms with E-state index in [4.69, 9.17) is 9.26 Å². The molecule has 7 heteroatoms. The summed E-state index contributed by atoms with van der Waals surface area (Å²) in [5.41, 5.74) is 2.96. The Morgan fingerprint density at radius 3 is 2.62 bits per heavy atom. The first kappa shape index (κ1) is 17.6. The molecule has 0 radical (unpaired) electrons. The highest BCUT2D eigenvalue weighted by Crippen LogP contribution is 2.29. The number of nitrogens with zero attached hydrogens (tertiary/aromatic N) is 2. The molecule has 0 atom stereocenters. The molecule has 134 valence electrons. The summed E-state index contributed by atoms with van der Waals surface area (Å²) in [6.07, 6.45) is -0.0245. The maximum Gasteiger partial charge on any atom is 0.311 e. The molecule has 0 bridgehead atoms. The van der Waals surface area contributed by atoms with E-state index in [9.17, 15) is 9.59 Å². The van der Waals surface area contributed by atoms with E-state index in [1.165, 1.54) is 6.92 Å². The van der Waals surface area contributed by atoms with Gasteiger partial charge in [-0.15, -0.1) is 0 Å². The van der Waals surface area contributed by atoms with Gasteiger partial charge in [0.15, 0.2) is 5.78 Å². The van der Waals surface area contributed by atoms with Gasteiger partial charge in [0.25, 0.3) is 5.89 Å². The standard InChI is InChI=1S/C19H19N3O4/c1-4-25-15(24)10-14-16(12(3)23)11(2)17(20-14)19-21-18(22-26-19)13-8-6-5-7-9-13/h5-9,20H,4,10H2,1-3H3. The van der Waals surface area contributed by atoms with Crippen LogP contribution in [-0.2, 0) is 16.0 Å². The van der Waals surface area contributed by atoms with Crippen molar-refractivity contribution in [2.24, 2.45) is 0 Å². The minimum atomic E-state index is -0.404. The quantitative estimate of drug-likeness (QED) is 0.539. The Morgan fingerprint density at radius 1 is 1.23 bits per heavy atom. The Hall–Kier alpha value is -3.22. The average Bonchev–Trinajstić information content (AvgIpc) is 3.20. The molecule has 0 aliphatic carbocycles. The second-order valence-electron chi connectivity index (χ2n) is 5.81. The minimum Gasteiger partial charge on any atom is -0.466 e. The van der Waals surface area contributed by atoms with Crippen LogP contribution >= 0.6 is 0 Å². The monoisotopic (exact) mass is 353 g/mol. The average molecular weight is 353 g/mol. The number of nitrogens with one attached hydrogen (secondary N) is 1. The number of ketones is 1. The van der Waals surface area contributed by atoms with Gasteiger partial charge in [-0.2, -0.15) is 4.98 Å². The van der Waals surface area contributed by atoms with Crippen molar-refractivity contribution in [3.63, 3.8) is 0 Å². The van der Waals surface area contributed by atoms with Gasteiger partial charge in [-0.3, -0.25) is 9.59 Å². The molecular formula is C19H19N3O4. The van der Waals surface area contributed by atoms with Crippen molar-refractivity contribution in [1.29, 1.82) is 0 Å². The summed E-state index contributed by atoms with van der Waals surface area (Å²) in [6.45, 7) is 5.25. The maximum atomic E-state index is 12.1. The van der Waals surface area contributed by atoms with Gasteiger partial charge in [-0.05, 0) is 26.3 Å². The summed E-state index contributed by atoms with van der Waals surface area (Å²) >= 11 is 0. The first-order valence-electron chi connectivity index (χ1n) is 8.28. The van der Waals surface area contributed by atoms with E-state index in [1.807, 2.05) is 30.3 Å². The minimum absolute atomic E-state index is 0.0245. The van der Waals surface area contributed by atoms with Crippen LogP contribution in [0.25, 0.3) is 23.0 Å². The van der Waals surface area contributed by atoms with Gasteiger partial charge in [0.05, 0.1) is 13.0 Å². The predicted molar refractivity (Wildman–Crippen MR) is 94.6 cm³/mol. The number of Topliss-reactive ketones (excluding diaryl/α,β-unsaturated/α-hetero) is 1. The summed E-state index contributed by atoms with van der Waals surface area (Å²) < 4.78 is 10.3. The number of ether oxygens (including phenoxy) is 1. The highest BCUT2D eigenvalue weighted by atomic mass is 16.5. The fourth-order valence-electron chi connectivity index (χ4n) is 2.87. The van der Waals surface area contributed by atoms with Crippen LogP contribution in [0.1, 0.15) is 35.5 Å². The van der Waals surface area contributed by atoms with Crippen molar-refractivity contribution in [2.75, 3.05) is 6.61 Å². The molecule has 0 aliphatic rings. The van der Waals surface area contributed by atoms with E-state index >= 15 is 0 Å². The molecule has 0 saturated heterocycles. The lowest BCUT2D eigenvalue weighted by Gasteiger charge is -2.02. The summed E-state index contributed by atoms with van der Waals surface area (Å²) in [5.74, 6) is 0.162. The van der Waals surface area contributed by atoms with Crippen molar-refractivity contribution in [1.82, 2.24) is 15.1 Å². The molecule has 3 rings (SSSR count).